The highest BCUT2D eigenvalue weighted by Crippen LogP contribution is 2.20. The molecule has 0 aliphatic carbocycles. The molecule has 0 radical (unpaired) electrons. The van der Waals surface area contributed by atoms with Crippen LogP contribution in [0.1, 0.15) is 24.2 Å². The lowest BCUT2D eigenvalue weighted by Crippen LogP contribution is -2.28. The number of hydrogen-bond acceptors (Lipinski definition) is 4. The summed E-state index contributed by atoms with van der Waals surface area (Å²) in [6, 6.07) is 13.1. The standard InChI is InChI=1S/C18H21N3O4S/c1-4-26(24,25)21(3)17-7-5-6-14(12-17)18(23)20-16-10-8-15(9-11-16)19-13(2)22/h5-12H,4H2,1-3H3,(H,19,22)(H,20,23). The van der Waals surface area contributed by atoms with Crippen LogP contribution >= 0.6 is 0 Å². The number of anilines is 3. The summed E-state index contributed by atoms with van der Waals surface area (Å²) in [6.07, 6.45) is 0. The molecule has 0 aromatic heterocycles. The monoisotopic (exact) mass is 375 g/mol. The van der Waals surface area contributed by atoms with Crippen molar-refractivity contribution in [2.45, 2.75) is 13.8 Å². The van der Waals surface area contributed by atoms with Gasteiger partial charge in [0.05, 0.1) is 11.4 Å². The molecule has 8 heteroatoms. The van der Waals surface area contributed by atoms with Crippen LogP contribution in [-0.4, -0.2) is 33.0 Å². The summed E-state index contributed by atoms with van der Waals surface area (Å²) in [6.45, 7) is 2.98. The van der Waals surface area contributed by atoms with Crippen LogP contribution in [0.25, 0.3) is 0 Å². The molecular weight excluding hydrogens is 354 g/mol. The van der Waals surface area contributed by atoms with Gasteiger partial charge in [-0.2, -0.15) is 0 Å². The fourth-order valence-corrected chi connectivity index (χ4v) is 3.06. The Balaban J connectivity index is 2.15. The molecule has 2 rings (SSSR count). The van der Waals surface area contributed by atoms with Gasteiger partial charge in [0.15, 0.2) is 0 Å². The van der Waals surface area contributed by atoms with E-state index < -0.39 is 10.0 Å². The maximum absolute atomic E-state index is 12.4. The lowest BCUT2D eigenvalue weighted by atomic mass is 10.2. The molecule has 138 valence electrons. The quantitative estimate of drug-likeness (QED) is 0.811. The first-order valence-electron chi connectivity index (χ1n) is 7.98. The fourth-order valence-electron chi connectivity index (χ4n) is 2.24. The number of rotatable bonds is 6. The van der Waals surface area contributed by atoms with Crippen molar-refractivity contribution < 1.29 is 18.0 Å². The normalized spacial score (nSPS) is 10.9. The van der Waals surface area contributed by atoms with E-state index in [1.54, 1.807) is 49.4 Å². The Hall–Kier alpha value is -2.87. The number of sulfonamides is 1. The molecular formula is C18H21N3O4S. The van der Waals surface area contributed by atoms with E-state index in [9.17, 15) is 18.0 Å². The zero-order valence-corrected chi connectivity index (χ0v) is 15.6. The Labute approximate surface area is 153 Å². The Morgan fingerprint density at radius 2 is 1.58 bits per heavy atom. The molecule has 0 spiro atoms. The van der Waals surface area contributed by atoms with Gasteiger partial charge in [0.2, 0.25) is 15.9 Å². The summed E-state index contributed by atoms with van der Waals surface area (Å²) in [4.78, 5) is 23.4. The minimum absolute atomic E-state index is 0.0272. The summed E-state index contributed by atoms with van der Waals surface area (Å²) < 4.78 is 25.1. The smallest absolute Gasteiger partial charge is 0.255 e. The topological polar surface area (TPSA) is 95.6 Å². The Morgan fingerprint density at radius 3 is 2.12 bits per heavy atom. The molecule has 0 saturated carbocycles. The Bertz CT molecular complexity index is 908. The number of nitrogens with one attached hydrogen (secondary N) is 2. The molecule has 2 N–H and O–H groups in total. The number of nitrogens with zero attached hydrogens (tertiary/aromatic N) is 1. The van der Waals surface area contributed by atoms with Crippen molar-refractivity contribution in [3.05, 3.63) is 54.1 Å². The lowest BCUT2D eigenvalue weighted by molar-refractivity contribution is -0.114. The Kier molecular flexibility index (Phi) is 5.99. The van der Waals surface area contributed by atoms with Gasteiger partial charge < -0.3 is 10.6 Å². The first-order chi connectivity index (χ1) is 12.2. The highest BCUT2D eigenvalue weighted by atomic mass is 32.2. The second kappa shape index (κ2) is 8.01. The van der Waals surface area contributed by atoms with E-state index in [2.05, 4.69) is 10.6 Å². The van der Waals surface area contributed by atoms with Crippen LogP contribution in [-0.2, 0) is 14.8 Å². The van der Waals surface area contributed by atoms with Gasteiger partial charge in [-0.05, 0) is 49.4 Å². The van der Waals surface area contributed by atoms with Crippen LogP contribution < -0.4 is 14.9 Å². The van der Waals surface area contributed by atoms with Crippen LogP contribution in [0.15, 0.2) is 48.5 Å². The van der Waals surface area contributed by atoms with E-state index in [1.165, 1.54) is 20.0 Å². The lowest BCUT2D eigenvalue weighted by Gasteiger charge is -2.19. The highest BCUT2D eigenvalue weighted by Gasteiger charge is 2.17. The van der Waals surface area contributed by atoms with E-state index in [1.807, 2.05) is 0 Å². The summed E-state index contributed by atoms with van der Waals surface area (Å²) in [5, 5.41) is 5.38. The maximum atomic E-state index is 12.4. The van der Waals surface area contributed by atoms with Gasteiger partial charge in [0.25, 0.3) is 5.91 Å². The second-order valence-electron chi connectivity index (χ2n) is 5.63. The molecule has 26 heavy (non-hydrogen) atoms. The molecule has 0 heterocycles. The SMILES string of the molecule is CCS(=O)(=O)N(C)c1cccc(C(=O)Nc2ccc(NC(C)=O)cc2)c1. The van der Waals surface area contributed by atoms with Gasteiger partial charge in [-0.15, -0.1) is 0 Å². The minimum atomic E-state index is -3.40. The van der Waals surface area contributed by atoms with Gasteiger partial charge in [-0.3, -0.25) is 13.9 Å². The average molecular weight is 375 g/mol. The largest absolute Gasteiger partial charge is 0.326 e. The summed E-state index contributed by atoms with van der Waals surface area (Å²) in [7, 11) is -1.95. The van der Waals surface area contributed by atoms with E-state index in [0.717, 1.165) is 4.31 Å². The predicted molar refractivity (Wildman–Crippen MR) is 103 cm³/mol. The molecule has 7 nitrogen and oxygen atoms in total. The molecule has 0 saturated heterocycles. The van der Waals surface area contributed by atoms with Gasteiger partial charge in [0.1, 0.15) is 0 Å². The van der Waals surface area contributed by atoms with Crippen LogP contribution in [0.4, 0.5) is 17.1 Å². The summed E-state index contributed by atoms with van der Waals surface area (Å²) >= 11 is 0. The number of carbonyl (C=O) groups excluding carboxylic acids is 2. The molecule has 2 amide bonds. The van der Waals surface area contributed by atoms with Gasteiger partial charge in [-0.25, -0.2) is 8.42 Å². The zero-order chi connectivity index (χ0) is 19.3. The van der Waals surface area contributed by atoms with E-state index >= 15 is 0 Å². The van der Waals surface area contributed by atoms with Crippen LogP contribution in [0.2, 0.25) is 0 Å². The van der Waals surface area contributed by atoms with Crippen molar-refractivity contribution in [3.8, 4) is 0 Å². The van der Waals surface area contributed by atoms with Crippen molar-refractivity contribution in [2.24, 2.45) is 0 Å². The summed E-state index contributed by atoms with van der Waals surface area (Å²) in [5.41, 5.74) is 1.94. The number of hydrogen-bond donors (Lipinski definition) is 2. The molecule has 2 aromatic rings. The number of amides is 2. The third-order valence-corrected chi connectivity index (χ3v) is 5.49. The van der Waals surface area contributed by atoms with E-state index in [-0.39, 0.29) is 17.6 Å². The third kappa shape index (κ3) is 4.82. The first-order valence-corrected chi connectivity index (χ1v) is 9.59. The molecule has 0 aliphatic rings. The van der Waals surface area contributed by atoms with Crippen molar-refractivity contribution in [1.82, 2.24) is 0 Å². The maximum Gasteiger partial charge on any atom is 0.255 e. The predicted octanol–water partition coefficient (Wildman–Crippen LogP) is 2.68. The second-order valence-corrected chi connectivity index (χ2v) is 7.92. The number of carbonyl (C=O) groups is 2. The first kappa shape index (κ1) is 19.5. The van der Waals surface area contributed by atoms with Gasteiger partial charge in [-0.1, -0.05) is 6.07 Å². The van der Waals surface area contributed by atoms with Crippen molar-refractivity contribution >= 4 is 38.9 Å². The Morgan fingerprint density at radius 1 is 1.00 bits per heavy atom. The molecule has 0 bridgehead atoms. The molecule has 0 atom stereocenters. The van der Waals surface area contributed by atoms with Gasteiger partial charge in [0, 0.05) is 30.9 Å². The van der Waals surface area contributed by atoms with Crippen molar-refractivity contribution in [1.29, 1.82) is 0 Å². The van der Waals surface area contributed by atoms with Crippen LogP contribution in [0, 0.1) is 0 Å². The average Bonchev–Trinajstić information content (AvgIpc) is 2.62. The molecule has 0 aliphatic heterocycles. The van der Waals surface area contributed by atoms with Gasteiger partial charge >= 0.3 is 0 Å². The van der Waals surface area contributed by atoms with Crippen molar-refractivity contribution in [2.75, 3.05) is 27.7 Å². The summed E-state index contributed by atoms with van der Waals surface area (Å²) in [5.74, 6) is -0.563. The van der Waals surface area contributed by atoms with Crippen molar-refractivity contribution in [3.63, 3.8) is 0 Å². The van der Waals surface area contributed by atoms with E-state index in [4.69, 9.17) is 0 Å². The highest BCUT2D eigenvalue weighted by molar-refractivity contribution is 7.92. The van der Waals surface area contributed by atoms with Crippen LogP contribution in [0.3, 0.4) is 0 Å². The molecule has 0 unspecified atom stereocenters. The molecule has 0 fully saturated rings. The zero-order valence-electron chi connectivity index (χ0n) is 14.8. The fraction of sp³-hybridized carbons (Fsp3) is 0.222. The third-order valence-electron chi connectivity index (χ3n) is 3.72. The van der Waals surface area contributed by atoms with Crippen LogP contribution in [0.5, 0.6) is 0 Å². The minimum Gasteiger partial charge on any atom is -0.326 e. The number of benzene rings is 2. The molecule has 2 aromatic carbocycles. The van der Waals surface area contributed by atoms with E-state index in [0.29, 0.717) is 22.6 Å².